The molecule has 0 radical (unpaired) electrons. The van der Waals surface area contributed by atoms with Crippen LogP contribution in [0.25, 0.3) is 5.57 Å². The van der Waals surface area contributed by atoms with Crippen molar-refractivity contribution in [3.63, 3.8) is 0 Å². The zero-order chi connectivity index (χ0) is 20.1. The summed E-state index contributed by atoms with van der Waals surface area (Å²) in [5, 5.41) is 2.72. The van der Waals surface area contributed by atoms with Crippen LogP contribution in [-0.2, 0) is 4.79 Å². The highest BCUT2D eigenvalue weighted by atomic mass is 127. The molecule has 0 saturated carbocycles. The molecule has 0 N–H and O–H groups in total. The molecule has 1 unspecified atom stereocenters. The second-order valence-corrected chi connectivity index (χ2v) is 8.36. The number of alkyl halides is 1. The van der Waals surface area contributed by atoms with Crippen LogP contribution in [0.5, 0.6) is 0 Å². The third kappa shape index (κ3) is 4.63. The largest absolute Gasteiger partial charge is 0.338 e. The van der Waals surface area contributed by atoms with Gasteiger partial charge in [-0.1, -0.05) is 65.9 Å². The van der Waals surface area contributed by atoms with Crippen molar-refractivity contribution in [2.75, 3.05) is 24.6 Å². The summed E-state index contributed by atoms with van der Waals surface area (Å²) >= 11 is 3.60. The summed E-state index contributed by atoms with van der Waals surface area (Å²) in [4.78, 5) is 33.1. The molecule has 28 heavy (non-hydrogen) atoms. The van der Waals surface area contributed by atoms with E-state index in [9.17, 15) is 9.59 Å². The molecule has 1 aliphatic rings. The smallest absolute Gasteiger partial charge is 0.273 e. The van der Waals surface area contributed by atoms with Gasteiger partial charge in [-0.25, -0.2) is 4.98 Å². The number of nitrogens with zero attached hydrogens (tertiary/aromatic N) is 3. The highest BCUT2D eigenvalue weighted by molar-refractivity contribution is 14.1. The number of hydrogen-bond acceptors (Lipinski definition) is 4. The molecule has 0 saturated heterocycles. The number of aromatic nitrogens is 1. The molecule has 1 atom stereocenters. The van der Waals surface area contributed by atoms with Crippen LogP contribution >= 0.6 is 33.9 Å². The molecule has 2 heterocycles. The lowest BCUT2D eigenvalue weighted by Crippen LogP contribution is -2.35. The van der Waals surface area contributed by atoms with Crippen LogP contribution in [-0.4, -0.2) is 51.2 Å². The van der Waals surface area contributed by atoms with E-state index in [4.69, 9.17) is 0 Å². The van der Waals surface area contributed by atoms with Crippen molar-refractivity contribution < 1.29 is 9.59 Å². The second-order valence-electron chi connectivity index (χ2n) is 6.74. The fourth-order valence-corrected chi connectivity index (χ4v) is 4.77. The maximum Gasteiger partial charge on any atom is 0.273 e. The van der Waals surface area contributed by atoms with E-state index in [0.29, 0.717) is 23.2 Å². The first-order chi connectivity index (χ1) is 13.5. The molecule has 1 aromatic carbocycles. The minimum Gasteiger partial charge on any atom is -0.338 e. The van der Waals surface area contributed by atoms with Crippen molar-refractivity contribution in [1.29, 1.82) is 0 Å². The summed E-state index contributed by atoms with van der Waals surface area (Å²) in [6.07, 6.45) is 3.68. The zero-order valence-electron chi connectivity index (χ0n) is 16.1. The summed E-state index contributed by atoms with van der Waals surface area (Å²) in [6, 6.07) is 10.1. The molecule has 0 spiro atoms. The van der Waals surface area contributed by atoms with Crippen LogP contribution in [0.4, 0.5) is 0 Å². The number of rotatable bonds is 6. The van der Waals surface area contributed by atoms with Gasteiger partial charge in [0.15, 0.2) is 0 Å². The topological polar surface area (TPSA) is 53.5 Å². The molecule has 2 amide bonds. The van der Waals surface area contributed by atoms with Gasteiger partial charge >= 0.3 is 0 Å². The van der Waals surface area contributed by atoms with Crippen molar-refractivity contribution in [2.45, 2.75) is 25.8 Å². The number of carbonyl (C=O) groups excluding carboxylic acids is 2. The van der Waals surface area contributed by atoms with Gasteiger partial charge in [0.05, 0.1) is 10.5 Å². The quantitative estimate of drug-likeness (QED) is 0.428. The van der Waals surface area contributed by atoms with Crippen LogP contribution in [0.3, 0.4) is 0 Å². The van der Waals surface area contributed by atoms with Crippen LogP contribution in [0.15, 0.2) is 41.8 Å². The summed E-state index contributed by atoms with van der Waals surface area (Å²) in [5.41, 5.74) is 2.74. The predicted molar refractivity (Wildman–Crippen MR) is 122 cm³/mol. The van der Waals surface area contributed by atoms with Crippen LogP contribution < -0.4 is 0 Å². The molecule has 2 aromatic rings. The van der Waals surface area contributed by atoms with Crippen molar-refractivity contribution in [3.8, 4) is 0 Å². The lowest BCUT2D eigenvalue weighted by molar-refractivity contribution is -0.127. The van der Waals surface area contributed by atoms with E-state index >= 15 is 0 Å². The Bertz CT molecular complexity index is 866. The molecule has 7 heteroatoms. The van der Waals surface area contributed by atoms with Crippen LogP contribution in [0, 0.1) is 0 Å². The van der Waals surface area contributed by atoms with Gasteiger partial charge in [-0.2, -0.15) is 0 Å². The molecule has 0 aliphatic carbocycles. The Labute approximate surface area is 183 Å². The van der Waals surface area contributed by atoms with E-state index in [2.05, 4.69) is 52.7 Å². The van der Waals surface area contributed by atoms with Crippen molar-refractivity contribution in [2.24, 2.45) is 0 Å². The van der Waals surface area contributed by atoms with Crippen molar-refractivity contribution in [1.82, 2.24) is 14.8 Å². The molecule has 3 rings (SSSR count). The van der Waals surface area contributed by atoms with E-state index < -0.39 is 0 Å². The first-order valence-corrected chi connectivity index (χ1v) is 11.8. The molecule has 148 valence electrons. The van der Waals surface area contributed by atoms with Gasteiger partial charge in [0.1, 0.15) is 10.7 Å². The van der Waals surface area contributed by atoms with Gasteiger partial charge in [-0.3, -0.25) is 9.59 Å². The molecule has 0 fully saturated rings. The van der Waals surface area contributed by atoms with Gasteiger partial charge in [0.2, 0.25) is 5.91 Å². The van der Waals surface area contributed by atoms with Gasteiger partial charge in [-0.05, 0) is 24.0 Å². The van der Waals surface area contributed by atoms with Crippen molar-refractivity contribution in [3.05, 3.63) is 58.1 Å². The van der Waals surface area contributed by atoms with Crippen LogP contribution in [0.2, 0.25) is 0 Å². The number of amides is 2. The summed E-state index contributed by atoms with van der Waals surface area (Å²) in [5.74, 6) is 0.107. The number of carbonyl (C=O) groups is 2. The average molecular weight is 509 g/mol. The van der Waals surface area contributed by atoms with E-state index in [1.165, 1.54) is 11.3 Å². The molecule has 5 nitrogen and oxygen atoms in total. The SMILES string of the molecule is CCC(c1ccccc1)N(C)C(=O)c1csc(C2=CCN(C(=O)CI)CC2)n1. The zero-order valence-corrected chi connectivity index (χ0v) is 19.1. The average Bonchev–Trinajstić information content (AvgIpc) is 3.24. The number of benzene rings is 1. The summed E-state index contributed by atoms with van der Waals surface area (Å²) in [7, 11) is 1.84. The fourth-order valence-electron chi connectivity index (χ4n) is 3.42. The van der Waals surface area contributed by atoms with E-state index in [1.807, 2.05) is 35.5 Å². The second kappa shape index (κ2) is 9.65. The van der Waals surface area contributed by atoms with Gasteiger partial charge < -0.3 is 9.80 Å². The maximum absolute atomic E-state index is 13.0. The summed E-state index contributed by atoms with van der Waals surface area (Å²) < 4.78 is 0.503. The highest BCUT2D eigenvalue weighted by Crippen LogP contribution is 2.28. The number of hydrogen-bond donors (Lipinski definition) is 0. The van der Waals surface area contributed by atoms with Crippen molar-refractivity contribution >= 4 is 51.3 Å². The Morgan fingerprint density at radius 2 is 2.07 bits per heavy atom. The minimum atomic E-state index is -0.0590. The van der Waals surface area contributed by atoms with Crippen LogP contribution in [0.1, 0.15) is 46.9 Å². The normalized spacial score (nSPS) is 15.1. The fraction of sp³-hybridized carbons (Fsp3) is 0.381. The third-order valence-corrected chi connectivity index (χ3v) is 6.60. The van der Waals surface area contributed by atoms with Gasteiger partial charge in [0.25, 0.3) is 5.91 Å². The molecule has 0 bridgehead atoms. The van der Waals surface area contributed by atoms with E-state index in [-0.39, 0.29) is 17.9 Å². The molecule has 1 aliphatic heterocycles. The molecular weight excluding hydrogens is 485 g/mol. The first kappa shape index (κ1) is 21.0. The van der Waals surface area contributed by atoms with E-state index in [0.717, 1.165) is 29.0 Å². The predicted octanol–water partition coefficient (Wildman–Crippen LogP) is 4.42. The Balaban J connectivity index is 1.72. The van der Waals surface area contributed by atoms with Gasteiger partial charge in [0, 0.05) is 25.5 Å². The Kier molecular flexibility index (Phi) is 7.23. The molecular formula is C21H24IN3O2S. The van der Waals surface area contributed by atoms with E-state index in [1.54, 1.807) is 4.90 Å². The minimum absolute atomic E-state index is 0.0283. The first-order valence-electron chi connectivity index (χ1n) is 9.36. The van der Waals surface area contributed by atoms with Gasteiger partial charge in [-0.15, -0.1) is 11.3 Å². The number of thiazole rings is 1. The Hall–Kier alpha value is -1.74. The lowest BCUT2D eigenvalue weighted by Gasteiger charge is -2.27. The Morgan fingerprint density at radius 1 is 1.32 bits per heavy atom. The Morgan fingerprint density at radius 3 is 2.68 bits per heavy atom. The molecule has 1 aromatic heterocycles. The monoisotopic (exact) mass is 509 g/mol. The third-order valence-electron chi connectivity index (χ3n) is 5.03. The summed E-state index contributed by atoms with van der Waals surface area (Å²) in [6.45, 7) is 3.41. The number of halogens is 1. The lowest BCUT2D eigenvalue weighted by atomic mass is 10.0. The maximum atomic E-state index is 13.0. The standard InChI is InChI=1S/C21H24IN3O2S/c1-3-18(15-7-5-4-6-8-15)24(2)21(27)17-14-28-20(23-17)16-9-11-25(12-10-16)19(26)13-22/h4-9,14,18H,3,10-13H2,1-2H3. The highest BCUT2D eigenvalue weighted by Gasteiger charge is 2.24.